The Hall–Kier alpha value is -3.81. The first-order valence-electron chi connectivity index (χ1n) is 9.48. The molecule has 1 N–H and O–H groups in total. The highest BCUT2D eigenvalue weighted by Gasteiger charge is 2.18. The fourth-order valence-corrected chi connectivity index (χ4v) is 3.23. The van der Waals surface area contributed by atoms with E-state index in [2.05, 4.69) is 15.5 Å². The standard InChI is InChI=1S/C22H19FN4O3/c1-14(15-6-3-2-4-7-15)25-18(28)10-11-27-13-24-21-19(22(27)29)20(26-30-21)16-8-5-9-17(23)12-16/h2-9,12-14H,10-11H2,1H3,(H,25,28). The van der Waals surface area contributed by atoms with Crippen LogP contribution in [0.5, 0.6) is 0 Å². The molecular weight excluding hydrogens is 387 g/mol. The van der Waals surface area contributed by atoms with Gasteiger partial charge in [-0.3, -0.25) is 14.2 Å². The van der Waals surface area contributed by atoms with Crippen molar-refractivity contribution in [3.63, 3.8) is 0 Å². The zero-order valence-corrected chi connectivity index (χ0v) is 16.2. The van der Waals surface area contributed by atoms with E-state index in [1.54, 1.807) is 6.07 Å². The van der Waals surface area contributed by atoms with E-state index >= 15 is 0 Å². The molecule has 0 spiro atoms. The van der Waals surface area contributed by atoms with E-state index in [9.17, 15) is 14.0 Å². The average molecular weight is 406 g/mol. The molecule has 0 saturated heterocycles. The molecule has 1 amide bonds. The molecule has 1 unspecified atom stereocenters. The van der Waals surface area contributed by atoms with Crippen LogP contribution in [-0.2, 0) is 11.3 Å². The van der Waals surface area contributed by atoms with E-state index in [0.717, 1.165) is 5.56 Å². The second-order valence-electron chi connectivity index (χ2n) is 6.91. The molecule has 30 heavy (non-hydrogen) atoms. The third-order valence-electron chi connectivity index (χ3n) is 4.82. The summed E-state index contributed by atoms with van der Waals surface area (Å²) in [6.45, 7) is 2.04. The first-order chi connectivity index (χ1) is 14.5. The molecular formula is C22H19FN4O3. The van der Waals surface area contributed by atoms with Gasteiger partial charge in [-0.05, 0) is 24.6 Å². The molecule has 8 heteroatoms. The monoisotopic (exact) mass is 406 g/mol. The Labute approximate surface area is 171 Å². The van der Waals surface area contributed by atoms with Gasteiger partial charge >= 0.3 is 0 Å². The minimum atomic E-state index is -0.447. The van der Waals surface area contributed by atoms with Gasteiger partial charge in [0.2, 0.25) is 5.91 Å². The Morgan fingerprint density at radius 1 is 1.20 bits per heavy atom. The Balaban J connectivity index is 1.52. The molecule has 0 fully saturated rings. The van der Waals surface area contributed by atoms with Gasteiger partial charge in [-0.1, -0.05) is 47.6 Å². The Kier molecular flexibility index (Phi) is 5.38. The normalized spacial score (nSPS) is 12.1. The summed E-state index contributed by atoms with van der Waals surface area (Å²) >= 11 is 0. The van der Waals surface area contributed by atoms with Crippen molar-refractivity contribution in [2.75, 3.05) is 0 Å². The molecule has 2 aromatic heterocycles. The van der Waals surface area contributed by atoms with Crippen LogP contribution in [0, 0.1) is 5.82 Å². The van der Waals surface area contributed by atoms with Gasteiger partial charge in [-0.25, -0.2) is 9.37 Å². The number of benzene rings is 2. The fourth-order valence-electron chi connectivity index (χ4n) is 3.23. The SMILES string of the molecule is CC(NC(=O)CCn1cnc2onc(-c3cccc(F)c3)c2c1=O)c1ccccc1. The molecule has 4 aromatic rings. The Morgan fingerprint density at radius 3 is 2.77 bits per heavy atom. The van der Waals surface area contributed by atoms with E-state index in [4.69, 9.17) is 4.52 Å². The summed E-state index contributed by atoms with van der Waals surface area (Å²) in [5, 5.41) is 6.95. The van der Waals surface area contributed by atoms with Crippen LogP contribution < -0.4 is 10.9 Å². The van der Waals surface area contributed by atoms with Crippen molar-refractivity contribution in [1.29, 1.82) is 0 Å². The second-order valence-corrected chi connectivity index (χ2v) is 6.91. The highest BCUT2D eigenvalue weighted by atomic mass is 19.1. The molecule has 152 valence electrons. The molecule has 0 radical (unpaired) electrons. The van der Waals surface area contributed by atoms with E-state index in [-0.39, 0.29) is 41.7 Å². The summed E-state index contributed by atoms with van der Waals surface area (Å²) in [6.07, 6.45) is 1.42. The van der Waals surface area contributed by atoms with E-state index in [0.29, 0.717) is 5.56 Å². The van der Waals surface area contributed by atoms with Gasteiger partial charge in [0, 0.05) is 18.5 Å². The maximum atomic E-state index is 13.6. The number of halogens is 1. The molecule has 0 aliphatic heterocycles. The lowest BCUT2D eigenvalue weighted by molar-refractivity contribution is -0.121. The quantitative estimate of drug-likeness (QED) is 0.530. The molecule has 2 aromatic carbocycles. The first kappa shape index (κ1) is 19.5. The number of fused-ring (bicyclic) bond motifs is 1. The Bertz CT molecular complexity index is 1250. The van der Waals surface area contributed by atoms with Crippen molar-refractivity contribution in [1.82, 2.24) is 20.0 Å². The minimum absolute atomic E-state index is 0.0673. The number of nitrogens with one attached hydrogen (secondary N) is 1. The van der Waals surface area contributed by atoms with Crippen molar-refractivity contribution in [2.24, 2.45) is 0 Å². The van der Waals surface area contributed by atoms with Crippen LogP contribution in [0.2, 0.25) is 0 Å². The predicted octanol–water partition coefficient (Wildman–Crippen LogP) is 3.46. The zero-order valence-electron chi connectivity index (χ0n) is 16.2. The van der Waals surface area contributed by atoms with E-state index in [1.807, 2.05) is 37.3 Å². The molecule has 0 aliphatic carbocycles. The molecule has 7 nitrogen and oxygen atoms in total. The van der Waals surface area contributed by atoms with Crippen LogP contribution in [0.1, 0.15) is 24.9 Å². The maximum Gasteiger partial charge on any atom is 0.266 e. The van der Waals surface area contributed by atoms with Crippen LogP contribution in [0.3, 0.4) is 0 Å². The lowest BCUT2D eigenvalue weighted by atomic mass is 10.1. The lowest BCUT2D eigenvalue weighted by Crippen LogP contribution is -2.29. The van der Waals surface area contributed by atoms with Crippen molar-refractivity contribution in [3.8, 4) is 11.3 Å². The smallest absolute Gasteiger partial charge is 0.266 e. The summed E-state index contributed by atoms with van der Waals surface area (Å²) in [5.74, 6) is -0.633. The van der Waals surface area contributed by atoms with Crippen LogP contribution in [0.25, 0.3) is 22.4 Å². The third kappa shape index (κ3) is 3.98. The summed E-state index contributed by atoms with van der Waals surface area (Å²) in [5.41, 5.74) is 1.30. The van der Waals surface area contributed by atoms with Crippen LogP contribution in [0.4, 0.5) is 4.39 Å². The second kappa shape index (κ2) is 8.28. The maximum absolute atomic E-state index is 13.6. The molecule has 0 saturated carbocycles. The van der Waals surface area contributed by atoms with Gasteiger partial charge in [-0.2, -0.15) is 0 Å². The first-order valence-corrected chi connectivity index (χ1v) is 9.48. The van der Waals surface area contributed by atoms with Gasteiger partial charge in [0.15, 0.2) is 0 Å². The molecule has 4 rings (SSSR count). The number of carbonyl (C=O) groups is 1. The zero-order chi connectivity index (χ0) is 21.1. The summed E-state index contributed by atoms with van der Waals surface area (Å²) in [6, 6.07) is 15.2. The number of nitrogens with zero attached hydrogens (tertiary/aromatic N) is 3. The number of carbonyl (C=O) groups excluding carboxylic acids is 1. The van der Waals surface area contributed by atoms with Crippen molar-refractivity contribution < 1.29 is 13.7 Å². The molecule has 2 heterocycles. The van der Waals surface area contributed by atoms with Crippen molar-refractivity contribution >= 4 is 17.0 Å². The molecule has 0 aliphatic rings. The van der Waals surface area contributed by atoms with Crippen molar-refractivity contribution in [3.05, 3.63) is 82.7 Å². The Morgan fingerprint density at radius 2 is 2.00 bits per heavy atom. The number of aryl methyl sites for hydroxylation is 1. The number of hydrogen-bond acceptors (Lipinski definition) is 5. The van der Waals surface area contributed by atoms with Crippen LogP contribution >= 0.6 is 0 Å². The summed E-state index contributed by atoms with van der Waals surface area (Å²) in [4.78, 5) is 29.4. The summed E-state index contributed by atoms with van der Waals surface area (Å²) in [7, 11) is 0. The average Bonchev–Trinajstić information content (AvgIpc) is 3.19. The third-order valence-corrected chi connectivity index (χ3v) is 4.82. The van der Waals surface area contributed by atoms with E-state index < -0.39 is 11.4 Å². The van der Waals surface area contributed by atoms with Gasteiger partial charge in [0.1, 0.15) is 23.2 Å². The highest BCUT2D eigenvalue weighted by molar-refractivity contribution is 5.88. The highest BCUT2D eigenvalue weighted by Crippen LogP contribution is 2.24. The number of aromatic nitrogens is 3. The number of amides is 1. The predicted molar refractivity (Wildman–Crippen MR) is 109 cm³/mol. The summed E-state index contributed by atoms with van der Waals surface area (Å²) < 4.78 is 20.0. The van der Waals surface area contributed by atoms with Gasteiger partial charge in [0.25, 0.3) is 11.3 Å². The largest absolute Gasteiger partial charge is 0.350 e. The van der Waals surface area contributed by atoms with Crippen molar-refractivity contribution in [2.45, 2.75) is 25.9 Å². The number of rotatable bonds is 6. The minimum Gasteiger partial charge on any atom is -0.350 e. The van der Waals surface area contributed by atoms with Gasteiger partial charge in [-0.15, -0.1) is 0 Å². The molecule has 1 atom stereocenters. The van der Waals surface area contributed by atoms with Crippen LogP contribution in [-0.4, -0.2) is 20.6 Å². The van der Waals surface area contributed by atoms with Crippen LogP contribution in [0.15, 0.2) is 70.2 Å². The molecule has 0 bridgehead atoms. The topological polar surface area (TPSA) is 90.0 Å². The van der Waals surface area contributed by atoms with Gasteiger partial charge < -0.3 is 9.84 Å². The fraction of sp³-hybridized carbons (Fsp3) is 0.182. The lowest BCUT2D eigenvalue weighted by Gasteiger charge is -2.14. The van der Waals surface area contributed by atoms with Gasteiger partial charge in [0.05, 0.1) is 6.04 Å². The van der Waals surface area contributed by atoms with E-state index in [1.165, 1.54) is 29.1 Å². The number of hydrogen-bond donors (Lipinski definition) is 1.